The molecule has 0 amide bonds. The van der Waals surface area contributed by atoms with E-state index >= 15 is 0 Å². The van der Waals surface area contributed by atoms with E-state index in [9.17, 15) is 4.79 Å². The van der Waals surface area contributed by atoms with Crippen molar-refractivity contribution in [3.63, 3.8) is 0 Å². The van der Waals surface area contributed by atoms with Gasteiger partial charge < -0.3 is 4.74 Å². The van der Waals surface area contributed by atoms with Crippen LogP contribution in [0.2, 0.25) is 0 Å². The first-order valence-electron chi connectivity index (χ1n) is 7.68. The largest absolute Gasteiger partial charge is 0.497 e. The minimum absolute atomic E-state index is 0.0274. The summed E-state index contributed by atoms with van der Waals surface area (Å²) in [4.78, 5) is 22.7. The van der Waals surface area contributed by atoms with Gasteiger partial charge in [0.2, 0.25) is 0 Å². The number of benzene rings is 1. The van der Waals surface area contributed by atoms with Crippen molar-refractivity contribution < 1.29 is 4.74 Å². The van der Waals surface area contributed by atoms with Gasteiger partial charge in [-0.05, 0) is 42.8 Å². The molecule has 0 radical (unpaired) electrons. The molecule has 1 aromatic carbocycles. The molecule has 0 saturated heterocycles. The SMILES string of the molecule is COc1ccc(-c2cc3ncn(Cc4csc(C)n4)c(=O)c3s2)cc1. The normalized spacial score (nSPS) is 11.1. The van der Waals surface area contributed by atoms with Gasteiger partial charge in [-0.3, -0.25) is 9.36 Å². The topological polar surface area (TPSA) is 57.0 Å². The third-order valence-electron chi connectivity index (χ3n) is 3.88. The molecule has 25 heavy (non-hydrogen) atoms. The quantitative estimate of drug-likeness (QED) is 0.547. The molecule has 0 fully saturated rings. The Hall–Kier alpha value is -2.51. The fraction of sp³-hybridized carbons (Fsp3) is 0.167. The van der Waals surface area contributed by atoms with Crippen molar-refractivity contribution in [3.8, 4) is 16.2 Å². The smallest absolute Gasteiger partial charge is 0.271 e. The highest BCUT2D eigenvalue weighted by molar-refractivity contribution is 7.22. The van der Waals surface area contributed by atoms with Crippen LogP contribution in [0, 0.1) is 6.92 Å². The fourth-order valence-electron chi connectivity index (χ4n) is 2.61. The molecular weight excluding hydrogens is 354 g/mol. The Labute approximate surface area is 152 Å². The Kier molecular flexibility index (Phi) is 4.10. The van der Waals surface area contributed by atoms with Crippen molar-refractivity contribution in [2.75, 3.05) is 7.11 Å². The molecule has 0 aliphatic rings. The third kappa shape index (κ3) is 3.08. The summed E-state index contributed by atoms with van der Waals surface area (Å²) in [6, 6.07) is 9.76. The zero-order valence-electron chi connectivity index (χ0n) is 13.7. The number of ether oxygens (including phenoxy) is 1. The lowest BCUT2D eigenvalue weighted by atomic mass is 10.2. The minimum atomic E-state index is -0.0274. The number of thiazole rings is 1. The van der Waals surface area contributed by atoms with Crippen LogP contribution >= 0.6 is 22.7 Å². The van der Waals surface area contributed by atoms with Crippen molar-refractivity contribution >= 4 is 32.9 Å². The molecule has 0 saturated carbocycles. The number of aromatic nitrogens is 3. The number of rotatable bonds is 4. The summed E-state index contributed by atoms with van der Waals surface area (Å²) in [5.41, 5.74) is 2.63. The van der Waals surface area contributed by atoms with Crippen molar-refractivity contribution in [1.82, 2.24) is 14.5 Å². The molecule has 0 unspecified atom stereocenters. The van der Waals surface area contributed by atoms with Gasteiger partial charge in [0.1, 0.15) is 10.4 Å². The average molecular weight is 369 g/mol. The highest BCUT2D eigenvalue weighted by Gasteiger charge is 2.11. The lowest BCUT2D eigenvalue weighted by Crippen LogP contribution is -2.20. The molecule has 0 atom stereocenters. The lowest BCUT2D eigenvalue weighted by Gasteiger charge is -2.01. The summed E-state index contributed by atoms with van der Waals surface area (Å²) >= 11 is 3.05. The van der Waals surface area contributed by atoms with Crippen LogP contribution in [0.5, 0.6) is 5.75 Å². The van der Waals surface area contributed by atoms with Crippen LogP contribution in [0.3, 0.4) is 0 Å². The average Bonchev–Trinajstić information content (AvgIpc) is 3.24. The third-order valence-corrected chi connectivity index (χ3v) is 5.86. The number of hydrogen-bond acceptors (Lipinski definition) is 6. The van der Waals surface area contributed by atoms with E-state index in [0.717, 1.165) is 32.4 Å². The van der Waals surface area contributed by atoms with E-state index in [1.807, 2.05) is 42.6 Å². The van der Waals surface area contributed by atoms with E-state index in [1.54, 1.807) is 29.3 Å². The summed E-state index contributed by atoms with van der Waals surface area (Å²) in [6.07, 6.45) is 1.60. The van der Waals surface area contributed by atoms with Gasteiger partial charge in [-0.1, -0.05) is 0 Å². The predicted molar refractivity (Wildman–Crippen MR) is 102 cm³/mol. The second-order valence-electron chi connectivity index (χ2n) is 5.59. The van der Waals surface area contributed by atoms with E-state index < -0.39 is 0 Å². The lowest BCUT2D eigenvalue weighted by molar-refractivity contribution is 0.415. The molecule has 0 N–H and O–H groups in total. The Bertz CT molecular complexity index is 1090. The van der Waals surface area contributed by atoms with Crippen LogP contribution in [0.25, 0.3) is 20.7 Å². The van der Waals surface area contributed by atoms with E-state index in [2.05, 4.69) is 9.97 Å². The van der Waals surface area contributed by atoms with Crippen LogP contribution in [-0.4, -0.2) is 21.6 Å². The van der Waals surface area contributed by atoms with Gasteiger partial charge in [0.25, 0.3) is 5.56 Å². The minimum Gasteiger partial charge on any atom is -0.497 e. The first-order chi connectivity index (χ1) is 12.1. The van der Waals surface area contributed by atoms with Gasteiger partial charge >= 0.3 is 0 Å². The molecule has 0 spiro atoms. The summed E-state index contributed by atoms with van der Waals surface area (Å²) in [5.74, 6) is 0.809. The van der Waals surface area contributed by atoms with E-state index in [1.165, 1.54) is 11.3 Å². The number of thiophene rings is 1. The molecule has 3 aromatic heterocycles. The maximum Gasteiger partial charge on any atom is 0.271 e. The maximum atomic E-state index is 12.8. The summed E-state index contributed by atoms with van der Waals surface area (Å²) < 4.78 is 7.47. The predicted octanol–water partition coefficient (Wildman–Crippen LogP) is 3.95. The Morgan fingerprint density at radius 1 is 1.24 bits per heavy atom. The summed E-state index contributed by atoms with van der Waals surface area (Å²) in [5, 5.41) is 2.97. The summed E-state index contributed by atoms with van der Waals surface area (Å²) in [7, 11) is 1.64. The van der Waals surface area contributed by atoms with E-state index in [-0.39, 0.29) is 5.56 Å². The molecule has 4 aromatic rings. The molecule has 0 aliphatic carbocycles. The number of aryl methyl sites for hydroxylation is 1. The standard InChI is InChI=1S/C18H15N3O2S2/c1-11-20-13(9-24-11)8-21-10-19-15-7-16(25-17(15)18(21)22)12-3-5-14(23-2)6-4-12/h3-7,9-10H,8H2,1-2H3. The van der Waals surface area contributed by atoms with Gasteiger partial charge in [0, 0.05) is 10.3 Å². The summed E-state index contributed by atoms with van der Waals surface area (Å²) in [6.45, 7) is 2.40. The van der Waals surface area contributed by atoms with Crippen molar-refractivity contribution in [3.05, 3.63) is 63.1 Å². The van der Waals surface area contributed by atoms with Gasteiger partial charge in [-0.2, -0.15) is 0 Å². The van der Waals surface area contributed by atoms with Crippen LogP contribution in [0.1, 0.15) is 10.7 Å². The van der Waals surface area contributed by atoms with Crippen LogP contribution in [-0.2, 0) is 6.54 Å². The molecule has 0 bridgehead atoms. The van der Waals surface area contributed by atoms with E-state index in [0.29, 0.717) is 11.2 Å². The monoisotopic (exact) mass is 369 g/mol. The van der Waals surface area contributed by atoms with Gasteiger partial charge in [0.05, 0.1) is 36.2 Å². The first-order valence-corrected chi connectivity index (χ1v) is 9.38. The molecule has 126 valence electrons. The van der Waals surface area contributed by atoms with E-state index in [4.69, 9.17) is 4.74 Å². The Morgan fingerprint density at radius 3 is 2.72 bits per heavy atom. The molecular formula is C18H15N3O2S2. The van der Waals surface area contributed by atoms with Gasteiger partial charge in [-0.15, -0.1) is 22.7 Å². The maximum absolute atomic E-state index is 12.8. The van der Waals surface area contributed by atoms with Crippen LogP contribution < -0.4 is 10.3 Å². The second kappa shape index (κ2) is 6.42. The second-order valence-corrected chi connectivity index (χ2v) is 7.70. The molecule has 0 aliphatic heterocycles. The molecule has 3 heterocycles. The number of fused-ring (bicyclic) bond motifs is 1. The number of hydrogen-bond donors (Lipinski definition) is 0. The van der Waals surface area contributed by atoms with Gasteiger partial charge in [0.15, 0.2) is 0 Å². The number of nitrogens with zero attached hydrogens (tertiary/aromatic N) is 3. The number of methoxy groups -OCH3 is 1. The Balaban J connectivity index is 1.72. The first kappa shape index (κ1) is 16.0. The zero-order chi connectivity index (χ0) is 17.4. The van der Waals surface area contributed by atoms with Crippen LogP contribution in [0.15, 0.2) is 46.8 Å². The van der Waals surface area contributed by atoms with Crippen LogP contribution in [0.4, 0.5) is 0 Å². The van der Waals surface area contributed by atoms with Crippen molar-refractivity contribution in [2.45, 2.75) is 13.5 Å². The molecule has 7 heteroatoms. The highest BCUT2D eigenvalue weighted by Crippen LogP contribution is 2.31. The fourth-order valence-corrected chi connectivity index (χ4v) is 4.28. The van der Waals surface area contributed by atoms with Gasteiger partial charge in [-0.25, -0.2) is 9.97 Å². The Morgan fingerprint density at radius 2 is 2.04 bits per heavy atom. The molecule has 4 rings (SSSR count). The zero-order valence-corrected chi connectivity index (χ0v) is 15.4. The van der Waals surface area contributed by atoms with Crippen molar-refractivity contribution in [1.29, 1.82) is 0 Å². The highest BCUT2D eigenvalue weighted by atomic mass is 32.1. The van der Waals surface area contributed by atoms with Crippen molar-refractivity contribution in [2.24, 2.45) is 0 Å². The molecule has 5 nitrogen and oxygen atoms in total.